The third kappa shape index (κ3) is 34.1. The molecule has 1 nitrogen and oxygen atoms in total. The smallest absolute Gasteiger partial charge is 0.0626 e. The van der Waals surface area contributed by atoms with Crippen LogP contribution in [0.15, 0.2) is 0 Å². The van der Waals surface area contributed by atoms with Crippen molar-refractivity contribution in [2.24, 2.45) is 0 Å². The Balaban J connectivity index is 3.26. The summed E-state index contributed by atoms with van der Waals surface area (Å²) in [7, 11) is 0. The van der Waals surface area contributed by atoms with Crippen LogP contribution in [0, 0.1) is 0 Å². The van der Waals surface area contributed by atoms with Crippen molar-refractivity contribution in [3.05, 3.63) is 0 Å². The minimum Gasteiger partial charge on any atom is -0.376 e. The van der Waals surface area contributed by atoms with Gasteiger partial charge in [0.1, 0.15) is 0 Å². The molecule has 0 aromatic rings. The van der Waals surface area contributed by atoms with E-state index in [2.05, 4.69) is 27.7 Å². The van der Waals surface area contributed by atoms with E-state index in [1.54, 1.807) is 0 Å². The van der Waals surface area contributed by atoms with Gasteiger partial charge in [-0.25, -0.2) is 0 Å². The maximum Gasteiger partial charge on any atom is 0.0626 e. The Labute approximate surface area is 249 Å². The van der Waals surface area contributed by atoms with Crippen molar-refractivity contribution in [1.29, 1.82) is 0 Å². The highest BCUT2D eigenvalue weighted by Gasteiger charge is 2.17. The van der Waals surface area contributed by atoms with Gasteiger partial charge in [0, 0.05) is 6.61 Å². The highest BCUT2D eigenvalue weighted by Crippen LogP contribution is 2.21. The zero-order valence-corrected chi connectivity index (χ0v) is 28.2. The lowest BCUT2D eigenvalue weighted by atomic mass is 9.98. The maximum atomic E-state index is 6.27. The van der Waals surface area contributed by atoms with Gasteiger partial charge in [-0.2, -0.15) is 0 Å². The van der Waals surface area contributed by atoms with Crippen molar-refractivity contribution in [3.8, 4) is 0 Å². The summed E-state index contributed by atoms with van der Waals surface area (Å²) < 4.78 is 6.27. The Morgan fingerprint density at radius 1 is 0.308 bits per heavy atom. The van der Waals surface area contributed by atoms with Gasteiger partial charge in [-0.3, -0.25) is 0 Å². The van der Waals surface area contributed by atoms with Crippen molar-refractivity contribution in [1.82, 2.24) is 0 Å². The van der Waals surface area contributed by atoms with Gasteiger partial charge < -0.3 is 4.74 Å². The molecule has 0 aliphatic heterocycles. The molecule has 0 aromatic heterocycles. The van der Waals surface area contributed by atoms with E-state index < -0.39 is 0 Å². The molecule has 0 heterocycles. The first-order valence-electron chi connectivity index (χ1n) is 18.8. The van der Waals surface area contributed by atoms with Crippen molar-refractivity contribution in [2.75, 3.05) is 6.61 Å². The minimum atomic E-state index is 0.0754. The molecule has 0 spiro atoms. The Morgan fingerprint density at radius 3 is 0.821 bits per heavy atom. The highest BCUT2D eigenvalue weighted by molar-refractivity contribution is 4.68. The molecular formula is C38H78O. The minimum absolute atomic E-state index is 0.0754. The SMILES string of the molecule is CCCCCCCCCCCCCCCCCCOC(C)(C)CCCCCCCCCCCCCCCCC. The monoisotopic (exact) mass is 551 g/mol. The lowest BCUT2D eigenvalue weighted by Crippen LogP contribution is -2.24. The molecule has 0 aliphatic carbocycles. The van der Waals surface area contributed by atoms with E-state index in [0.29, 0.717) is 0 Å². The molecule has 0 aliphatic rings. The second-order valence-corrected chi connectivity index (χ2v) is 13.6. The number of hydrogen-bond acceptors (Lipinski definition) is 1. The van der Waals surface area contributed by atoms with Gasteiger partial charge in [-0.05, 0) is 26.7 Å². The molecule has 0 radical (unpaired) electrons. The summed E-state index contributed by atoms with van der Waals surface area (Å²) in [4.78, 5) is 0. The second kappa shape index (κ2) is 32.5. The first-order chi connectivity index (χ1) is 19.1. The van der Waals surface area contributed by atoms with Gasteiger partial charge in [-0.15, -0.1) is 0 Å². The van der Waals surface area contributed by atoms with E-state index in [1.807, 2.05) is 0 Å². The van der Waals surface area contributed by atoms with Gasteiger partial charge in [0.25, 0.3) is 0 Å². The summed E-state index contributed by atoms with van der Waals surface area (Å²) in [5.74, 6) is 0. The van der Waals surface area contributed by atoms with Gasteiger partial charge in [0.05, 0.1) is 5.60 Å². The lowest BCUT2D eigenvalue weighted by Gasteiger charge is -2.25. The van der Waals surface area contributed by atoms with E-state index in [9.17, 15) is 0 Å². The first kappa shape index (κ1) is 39.0. The van der Waals surface area contributed by atoms with Gasteiger partial charge in [0.15, 0.2) is 0 Å². The predicted molar refractivity (Wildman–Crippen MR) is 179 cm³/mol. The molecule has 0 amide bonds. The third-order valence-electron chi connectivity index (χ3n) is 8.87. The highest BCUT2D eigenvalue weighted by atomic mass is 16.5. The van der Waals surface area contributed by atoms with Crippen LogP contribution in [0.1, 0.15) is 233 Å². The largest absolute Gasteiger partial charge is 0.376 e. The van der Waals surface area contributed by atoms with E-state index in [4.69, 9.17) is 4.74 Å². The van der Waals surface area contributed by atoms with Crippen LogP contribution in [0.5, 0.6) is 0 Å². The quantitative estimate of drug-likeness (QED) is 0.0724. The summed E-state index contributed by atoms with van der Waals surface area (Å²) >= 11 is 0. The summed E-state index contributed by atoms with van der Waals surface area (Å²) in [6.07, 6.45) is 45.7. The second-order valence-electron chi connectivity index (χ2n) is 13.6. The van der Waals surface area contributed by atoms with E-state index >= 15 is 0 Å². The average molecular weight is 551 g/mol. The number of rotatable bonds is 34. The van der Waals surface area contributed by atoms with Crippen LogP contribution in [-0.4, -0.2) is 12.2 Å². The normalized spacial score (nSPS) is 12.0. The van der Waals surface area contributed by atoms with Crippen molar-refractivity contribution >= 4 is 0 Å². The molecule has 0 saturated carbocycles. The third-order valence-corrected chi connectivity index (χ3v) is 8.87. The van der Waals surface area contributed by atoms with Crippen molar-refractivity contribution in [2.45, 2.75) is 239 Å². The van der Waals surface area contributed by atoms with Crippen LogP contribution in [0.25, 0.3) is 0 Å². The zero-order chi connectivity index (χ0) is 28.5. The standard InChI is InChI=1S/C38H78O/c1-5-7-9-11-13-15-17-19-21-23-25-27-29-31-33-35-37-39-38(3,4)36-34-32-30-28-26-24-22-20-18-16-14-12-10-8-6-2/h5-37H2,1-4H3. The maximum absolute atomic E-state index is 6.27. The molecular weight excluding hydrogens is 472 g/mol. The topological polar surface area (TPSA) is 9.23 Å². The van der Waals surface area contributed by atoms with E-state index in [1.165, 1.54) is 205 Å². The molecule has 0 rings (SSSR count). The fourth-order valence-corrected chi connectivity index (χ4v) is 5.99. The predicted octanol–water partition coefficient (Wildman–Crippen LogP) is 14.3. The fourth-order valence-electron chi connectivity index (χ4n) is 5.99. The Kier molecular flexibility index (Phi) is 32.4. The number of unbranched alkanes of at least 4 members (excludes halogenated alkanes) is 29. The molecule has 0 fully saturated rings. The van der Waals surface area contributed by atoms with Crippen molar-refractivity contribution < 1.29 is 4.74 Å². The summed E-state index contributed by atoms with van der Waals surface area (Å²) in [6.45, 7) is 10.2. The van der Waals surface area contributed by atoms with Gasteiger partial charge in [0.2, 0.25) is 0 Å². The molecule has 39 heavy (non-hydrogen) atoms. The molecule has 0 N–H and O–H groups in total. The van der Waals surface area contributed by atoms with Gasteiger partial charge >= 0.3 is 0 Å². The fraction of sp³-hybridized carbons (Fsp3) is 1.00. The van der Waals surface area contributed by atoms with Crippen LogP contribution >= 0.6 is 0 Å². The van der Waals surface area contributed by atoms with Crippen molar-refractivity contribution in [3.63, 3.8) is 0 Å². The summed E-state index contributed by atoms with van der Waals surface area (Å²) in [6, 6.07) is 0. The van der Waals surface area contributed by atoms with E-state index in [0.717, 1.165) is 6.61 Å². The molecule has 1 heteroatoms. The van der Waals surface area contributed by atoms with Crippen LogP contribution in [0.2, 0.25) is 0 Å². The Morgan fingerprint density at radius 2 is 0.538 bits per heavy atom. The molecule has 0 atom stereocenters. The molecule has 0 bridgehead atoms. The number of hydrogen-bond donors (Lipinski definition) is 0. The Hall–Kier alpha value is -0.0400. The molecule has 0 unspecified atom stereocenters. The van der Waals surface area contributed by atoms with Crippen LogP contribution in [-0.2, 0) is 4.74 Å². The first-order valence-corrected chi connectivity index (χ1v) is 18.8. The number of ether oxygens (including phenoxy) is 1. The molecule has 236 valence electrons. The van der Waals surface area contributed by atoms with Gasteiger partial charge in [-0.1, -0.05) is 206 Å². The lowest BCUT2D eigenvalue weighted by molar-refractivity contribution is -0.0266. The van der Waals surface area contributed by atoms with Crippen LogP contribution in [0.4, 0.5) is 0 Å². The average Bonchev–Trinajstić information content (AvgIpc) is 2.92. The summed E-state index contributed by atoms with van der Waals surface area (Å²) in [5.41, 5.74) is 0.0754. The molecule has 0 saturated heterocycles. The van der Waals surface area contributed by atoms with E-state index in [-0.39, 0.29) is 5.60 Å². The molecule has 0 aromatic carbocycles. The Bertz CT molecular complexity index is 428. The van der Waals surface area contributed by atoms with Crippen LogP contribution < -0.4 is 0 Å². The summed E-state index contributed by atoms with van der Waals surface area (Å²) in [5, 5.41) is 0. The van der Waals surface area contributed by atoms with Crippen LogP contribution in [0.3, 0.4) is 0 Å². The zero-order valence-electron chi connectivity index (χ0n) is 28.2.